The second-order valence-corrected chi connectivity index (χ2v) is 6.62. The molecule has 0 aliphatic heterocycles. The van der Waals surface area contributed by atoms with Crippen LogP contribution in [0, 0.1) is 0 Å². The van der Waals surface area contributed by atoms with Crippen molar-refractivity contribution in [2.45, 2.75) is 110 Å². The van der Waals surface area contributed by atoms with E-state index in [9.17, 15) is 9.90 Å². The van der Waals surface area contributed by atoms with E-state index in [0.29, 0.717) is 6.42 Å². The molecule has 0 unspecified atom stereocenters. The molecule has 0 aliphatic carbocycles. The normalized spacial score (nSPS) is 10.9. The molecule has 0 bridgehead atoms. The van der Waals surface area contributed by atoms with E-state index in [0.717, 1.165) is 12.8 Å². The highest BCUT2D eigenvalue weighted by molar-refractivity contribution is 5.69. The molecule has 0 heterocycles. The topological polar surface area (TPSA) is 46.2 Å². The Morgan fingerprint density at radius 3 is 1.43 bits per heavy atom. The standard InChI is InChI=1S/C20H39O3/c1-2-3-4-5-6-7-8-9-10-11-12-13-14-15-16-17-20(22)23-19-18-21/h2-19H2,1H3. The first-order valence-corrected chi connectivity index (χ1v) is 10.0. The number of unbranched alkanes of at least 4 members (excludes halogenated alkanes) is 14. The molecule has 0 N–H and O–H groups in total. The van der Waals surface area contributed by atoms with Gasteiger partial charge in [0.05, 0.1) is 0 Å². The maximum Gasteiger partial charge on any atom is 0.305 e. The predicted molar refractivity (Wildman–Crippen MR) is 96.1 cm³/mol. The fourth-order valence-electron chi connectivity index (χ4n) is 2.87. The Balaban J connectivity index is 3.04. The number of ether oxygens (including phenoxy) is 1. The van der Waals surface area contributed by atoms with Gasteiger partial charge in [0.15, 0.2) is 0 Å². The highest BCUT2D eigenvalue weighted by atomic mass is 16.5. The summed E-state index contributed by atoms with van der Waals surface area (Å²) in [7, 11) is 0. The first-order chi connectivity index (χ1) is 11.3. The van der Waals surface area contributed by atoms with Crippen LogP contribution in [0.3, 0.4) is 0 Å². The third kappa shape index (κ3) is 19.4. The molecule has 0 saturated heterocycles. The SMILES string of the molecule is CCCCCCCCCCCCCCCCCC(=O)OCC[O]. The molecule has 0 aromatic carbocycles. The molecule has 137 valence electrons. The highest BCUT2D eigenvalue weighted by Crippen LogP contribution is 2.13. The van der Waals surface area contributed by atoms with Crippen molar-refractivity contribution in [1.29, 1.82) is 0 Å². The zero-order chi connectivity index (χ0) is 17.0. The van der Waals surface area contributed by atoms with Gasteiger partial charge < -0.3 is 4.74 Å². The van der Waals surface area contributed by atoms with Gasteiger partial charge in [-0.25, -0.2) is 5.11 Å². The summed E-state index contributed by atoms with van der Waals surface area (Å²) >= 11 is 0. The summed E-state index contributed by atoms with van der Waals surface area (Å²) in [6.45, 7) is 1.97. The fourth-order valence-corrected chi connectivity index (χ4v) is 2.87. The van der Waals surface area contributed by atoms with Gasteiger partial charge in [0.1, 0.15) is 13.2 Å². The Morgan fingerprint density at radius 1 is 0.652 bits per heavy atom. The van der Waals surface area contributed by atoms with Crippen LogP contribution >= 0.6 is 0 Å². The summed E-state index contributed by atoms with van der Waals surface area (Å²) in [5.41, 5.74) is 0. The van der Waals surface area contributed by atoms with Gasteiger partial charge in [0, 0.05) is 6.42 Å². The van der Waals surface area contributed by atoms with Gasteiger partial charge in [-0.15, -0.1) is 0 Å². The molecule has 0 saturated carbocycles. The van der Waals surface area contributed by atoms with E-state index in [-0.39, 0.29) is 19.2 Å². The van der Waals surface area contributed by atoms with Crippen molar-refractivity contribution in [1.82, 2.24) is 0 Å². The minimum absolute atomic E-state index is 0.0254. The number of carbonyl (C=O) groups excluding carboxylic acids is 1. The lowest BCUT2D eigenvalue weighted by Crippen LogP contribution is -2.07. The zero-order valence-electron chi connectivity index (χ0n) is 15.5. The minimum Gasteiger partial charge on any atom is -0.463 e. The van der Waals surface area contributed by atoms with Crippen molar-refractivity contribution in [3.63, 3.8) is 0 Å². The fraction of sp³-hybridized carbons (Fsp3) is 0.950. The quantitative estimate of drug-likeness (QED) is 0.221. The first kappa shape index (κ1) is 22.4. The molecule has 1 radical (unpaired) electrons. The number of hydrogen-bond donors (Lipinski definition) is 0. The molecule has 0 amide bonds. The Hall–Kier alpha value is -0.570. The molecule has 3 nitrogen and oxygen atoms in total. The smallest absolute Gasteiger partial charge is 0.305 e. The molecule has 0 atom stereocenters. The lowest BCUT2D eigenvalue weighted by atomic mass is 10.0. The van der Waals surface area contributed by atoms with Crippen LogP contribution in [-0.4, -0.2) is 19.2 Å². The third-order valence-corrected chi connectivity index (χ3v) is 4.33. The summed E-state index contributed by atoms with van der Waals surface area (Å²) in [5, 5.41) is 10.2. The van der Waals surface area contributed by atoms with E-state index < -0.39 is 0 Å². The average molecular weight is 328 g/mol. The van der Waals surface area contributed by atoms with E-state index in [1.165, 1.54) is 83.5 Å². The first-order valence-electron chi connectivity index (χ1n) is 10.0. The number of rotatable bonds is 18. The molecule has 3 heteroatoms. The number of carbonyl (C=O) groups is 1. The lowest BCUT2D eigenvalue weighted by molar-refractivity contribution is -0.145. The monoisotopic (exact) mass is 327 g/mol. The van der Waals surface area contributed by atoms with Gasteiger partial charge in [-0.3, -0.25) is 4.79 Å². The average Bonchev–Trinajstić information content (AvgIpc) is 2.56. The lowest BCUT2D eigenvalue weighted by Gasteiger charge is -2.04. The van der Waals surface area contributed by atoms with Crippen LogP contribution < -0.4 is 0 Å². The van der Waals surface area contributed by atoms with Gasteiger partial charge in [0.2, 0.25) is 0 Å². The van der Waals surface area contributed by atoms with Crippen molar-refractivity contribution >= 4 is 5.97 Å². The molecule has 0 rings (SSSR count). The largest absolute Gasteiger partial charge is 0.463 e. The van der Waals surface area contributed by atoms with Gasteiger partial charge in [0.25, 0.3) is 0 Å². The summed E-state index contributed by atoms with van der Waals surface area (Å²) in [6, 6.07) is 0. The zero-order valence-corrected chi connectivity index (χ0v) is 15.5. The summed E-state index contributed by atoms with van der Waals surface area (Å²) in [6.07, 6.45) is 20.3. The Labute approximate surface area is 144 Å². The maximum absolute atomic E-state index is 11.2. The van der Waals surface area contributed by atoms with Crippen molar-refractivity contribution in [2.75, 3.05) is 13.2 Å². The van der Waals surface area contributed by atoms with Crippen LogP contribution in [-0.2, 0) is 14.6 Å². The molecular weight excluding hydrogens is 288 g/mol. The second-order valence-electron chi connectivity index (χ2n) is 6.62. The molecular formula is C20H39O3. The summed E-state index contributed by atoms with van der Waals surface area (Å²) in [4.78, 5) is 11.2. The van der Waals surface area contributed by atoms with Crippen molar-refractivity contribution < 1.29 is 14.6 Å². The van der Waals surface area contributed by atoms with Gasteiger partial charge in [-0.1, -0.05) is 96.8 Å². The van der Waals surface area contributed by atoms with E-state index in [1.54, 1.807) is 0 Å². The molecule has 0 aliphatic rings. The minimum atomic E-state index is -0.329. The van der Waals surface area contributed by atoms with Crippen LogP contribution in [0.2, 0.25) is 0 Å². The van der Waals surface area contributed by atoms with Crippen LogP contribution in [0.15, 0.2) is 0 Å². The van der Waals surface area contributed by atoms with Crippen molar-refractivity contribution in [3.8, 4) is 0 Å². The van der Waals surface area contributed by atoms with E-state index >= 15 is 0 Å². The van der Waals surface area contributed by atoms with Gasteiger partial charge in [-0.2, -0.15) is 0 Å². The number of esters is 1. The summed E-state index contributed by atoms with van der Waals surface area (Å²) < 4.78 is 4.76. The predicted octanol–water partition coefficient (Wildman–Crippen LogP) is 6.22. The Morgan fingerprint density at radius 2 is 1.04 bits per heavy atom. The summed E-state index contributed by atoms with van der Waals surface area (Å²) in [5.74, 6) is -0.212. The van der Waals surface area contributed by atoms with Crippen LogP contribution in [0.1, 0.15) is 110 Å². The molecule has 0 spiro atoms. The molecule has 0 aromatic rings. The van der Waals surface area contributed by atoms with Crippen LogP contribution in [0.5, 0.6) is 0 Å². The van der Waals surface area contributed by atoms with Crippen LogP contribution in [0.25, 0.3) is 0 Å². The van der Waals surface area contributed by atoms with Crippen molar-refractivity contribution in [2.24, 2.45) is 0 Å². The van der Waals surface area contributed by atoms with Gasteiger partial charge >= 0.3 is 5.97 Å². The van der Waals surface area contributed by atoms with Crippen LogP contribution in [0.4, 0.5) is 0 Å². The maximum atomic E-state index is 11.2. The number of hydrogen-bond acceptors (Lipinski definition) is 2. The third-order valence-electron chi connectivity index (χ3n) is 4.33. The molecule has 0 fully saturated rings. The van der Waals surface area contributed by atoms with E-state index in [1.807, 2.05) is 0 Å². The Bertz CT molecular complexity index is 241. The molecule has 23 heavy (non-hydrogen) atoms. The van der Waals surface area contributed by atoms with E-state index in [4.69, 9.17) is 4.74 Å². The molecule has 0 aromatic heterocycles. The van der Waals surface area contributed by atoms with Crippen molar-refractivity contribution in [3.05, 3.63) is 0 Å². The second kappa shape index (κ2) is 19.5. The Kier molecular flexibility index (Phi) is 19.0. The highest BCUT2D eigenvalue weighted by Gasteiger charge is 2.01. The van der Waals surface area contributed by atoms with Gasteiger partial charge in [-0.05, 0) is 6.42 Å². The van der Waals surface area contributed by atoms with E-state index in [2.05, 4.69) is 6.92 Å².